The van der Waals surface area contributed by atoms with Gasteiger partial charge in [0.1, 0.15) is 5.92 Å². The maximum absolute atomic E-state index is 13.3. The van der Waals surface area contributed by atoms with Crippen molar-refractivity contribution in [2.45, 2.75) is 33.6 Å². The molecule has 0 saturated heterocycles. The van der Waals surface area contributed by atoms with E-state index in [2.05, 4.69) is 15.7 Å². The normalized spacial score (nSPS) is 15.1. The number of carbonyl (C=O) groups is 3. The molecule has 0 spiro atoms. The first-order chi connectivity index (χ1) is 16.4. The monoisotopic (exact) mass is 464 g/mol. The Balaban J connectivity index is 1.92. The average molecular weight is 465 g/mol. The van der Waals surface area contributed by atoms with Gasteiger partial charge in [-0.15, -0.1) is 0 Å². The molecule has 0 radical (unpaired) electrons. The van der Waals surface area contributed by atoms with Crippen LogP contribution < -0.4 is 15.6 Å². The molecule has 34 heavy (non-hydrogen) atoms. The van der Waals surface area contributed by atoms with E-state index in [1.165, 1.54) is 11.2 Å². The van der Waals surface area contributed by atoms with Crippen molar-refractivity contribution in [3.05, 3.63) is 65.9 Å². The number of carboxylic acid groups (broad SMARTS) is 1. The molecule has 0 bridgehead atoms. The Kier molecular flexibility index (Phi) is 8.02. The third-order valence-corrected chi connectivity index (χ3v) is 5.35. The second kappa shape index (κ2) is 11.1. The fourth-order valence-electron chi connectivity index (χ4n) is 3.57. The lowest BCUT2D eigenvalue weighted by atomic mass is 9.95. The molecule has 3 rings (SSSR count). The quantitative estimate of drug-likeness (QED) is 0.466. The van der Waals surface area contributed by atoms with E-state index in [1.54, 1.807) is 38.1 Å². The van der Waals surface area contributed by atoms with Crippen molar-refractivity contribution in [1.29, 1.82) is 0 Å². The molecule has 1 aliphatic rings. The average Bonchev–Trinajstić information content (AvgIpc) is 3.14. The van der Waals surface area contributed by atoms with Crippen molar-refractivity contribution in [1.82, 2.24) is 0 Å². The number of aliphatic carboxylic acids is 1. The molecule has 1 heterocycles. The molecular weight excluding hydrogens is 436 g/mol. The summed E-state index contributed by atoms with van der Waals surface area (Å²) in [5.41, 5.74) is 3.21. The summed E-state index contributed by atoms with van der Waals surface area (Å²) >= 11 is 0. The molecule has 3 N–H and O–H groups in total. The number of carboxylic acids is 1. The van der Waals surface area contributed by atoms with Gasteiger partial charge in [0.2, 0.25) is 0 Å². The number of benzene rings is 2. The van der Waals surface area contributed by atoms with Crippen molar-refractivity contribution in [3.8, 4) is 0 Å². The van der Waals surface area contributed by atoms with E-state index < -0.39 is 23.9 Å². The second-order valence-electron chi connectivity index (χ2n) is 7.51. The summed E-state index contributed by atoms with van der Waals surface area (Å²) in [6, 6.07) is 14.2. The van der Waals surface area contributed by atoms with E-state index in [9.17, 15) is 19.5 Å². The van der Waals surface area contributed by atoms with Crippen molar-refractivity contribution in [2.75, 3.05) is 22.2 Å². The lowest BCUT2D eigenvalue weighted by Gasteiger charge is -2.13. The van der Waals surface area contributed by atoms with Crippen LogP contribution in [0.4, 0.5) is 21.9 Å². The highest BCUT2D eigenvalue weighted by Gasteiger charge is 2.37. The predicted molar refractivity (Wildman–Crippen MR) is 131 cm³/mol. The van der Waals surface area contributed by atoms with Crippen molar-refractivity contribution >= 4 is 40.7 Å². The molecule has 178 valence electrons. The highest BCUT2D eigenvalue weighted by atomic mass is 16.5. The molecule has 0 saturated carbocycles. The number of nitrogens with zero attached hydrogens (tertiary/aromatic N) is 2. The highest BCUT2D eigenvalue weighted by Crippen LogP contribution is 2.29. The Hall–Kier alpha value is -4.14. The molecule has 0 fully saturated rings. The third-order valence-electron chi connectivity index (χ3n) is 5.35. The van der Waals surface area contributed by atoms with Crippen LogP contribution in [0.5, 0.6) is 0 Å². The number of nitrogens with one attached hydrogen (secondary N) is 2. The zero-order valence-corrected chi connectivity index (χ0v) is 19.4. The van der Waals surface area contributed by atoms with Crippen LogP contribution in [0.3, 0.4) is 0 Å². The van der Waals surface area contributed by atoms with E-state index in [-0.39, 0.29) is 24.3 Å². The summed E-state index contributed by atoms with van der Waals surface area (Å²) in [5.74, 6) is -2.43. The number of amides is 2. The van der Waals surface area contributed by atoms with Crippen LogP contribution in [0.2, 0.25) is 0 Å². The minimum atomic E-state index is -1.05. The second-order valence-corrected chi connectivity index (χ2v) is 7.51. The standard InChI is InChI=1S/C25H28N4O5/c1-4-16-9-7-8-10-21(16)26-15-20-22(19(5-2)24(31)32)28-29(23(20)30)18-13-11-17(12-14-18)27-25(33)34-6-3/h7-15,19,26H,4-6H2,1-3H3,(H,27,33)(H,31,32). The van der Waals surface area contributed by atoms with Crippen molar-refractivity contribution in [2.24, 2.45) is 11.0 Å². The lowest BCUT2D eigenvalue weighted by Crippen LogP contribution is -2.26. The van der Waals surface area contributed by atoms with Gasteiger partial charge >= 0.3 is 12.1 Å². The molecule has 1 atom stereocenters. The first-order valence-corrected chi connectivity index (χ1v) is 11.1. The number of rotatable bonds is 9. The number of aryl methyl sites for hydroxylation is 1. The Morgan fingerprint density at radius 3 is 2.44 bits per heavy atom. The molecule has 2 aromatic carbocycles. The van der Waals surface area contributed by atoms with E-state index in [1.807, 2.05) is 31.2 Å². The molecule has 1 unspecified atom stereocenters. The topological polar surface area (TPSA) is 120 Å². The highest BCUT2D eigenvalue weighted by molar-refractivity contribution is 6.33. The van der Waals surface area contributed by atoms with Crippen molar-refractivity contribution in [3.63, 3.8) is 0 Å². The van der Waals surface area contributed by atoms with Gasteiger partial charge in [0.05, 0.1) is 23.6 Å². The minimum absolute atomic E-state index is 0.189. The molecule has 1 aliphatic heterocycles. The number of para-hydroxylation sites is 1. The predicted octanol–water partition coefficient (Wildman–Crippen LogP) is 4.63. The summed E-state index contributed by atoms with van der Waals surface area (Å²) in [6.45, 7) is 5.72. The number of carbonyl (C=O) groups excluding carboxylic acids is 2. The number of anilines is 3. The zero-order chi connectivity index (χ0) is 24.7. The maximum Gasteiger partial charge on any atom is 0.411 e. The third kappa shape index (κ3) is 5.43. The summed E-state index contributed by atoms with van der Waals surface area (Å²) in [7, 11) is 0. The minimum Gasteiger partial charge on any atom is -0.481 e. The first kappa shape index (κ1) is 24.5. The Bertz CT molecular complexity index is 1120. The van der Waals surface area contributed by atoms with Gasteiger partial charge in [0.15, 0.2) is 0 Å². The van der Waals surface area contributed by atoms with E-state index in [4.69, 9.17) is 4.74 Å². The summed E-state index contributed by atoms with van der Waals surface area (Å²) in [4.78, 5) is 36.8. The van der Waals surface area contributed by atoms with Gasteiger partial charge in [0.25, 0.3) is 5.91 Å². The fourth-order valence-corrected chi connectivity index (χ4v) is 3.57. The fraction of sp³-hybridized carbons (Fsp3) is 0.280. The van der Waals surface area contributed by atoms with Crippen LogP contribution >= 0.6 is 0 Å². The zero-order valence-electron chi connectivity index (χ0n) is 19.4. The van der Waals surface area contributed by atoms with Gasteiger partial charge < -0.3 is 15.2 Å². The molecular formula is C25H28N4O5. The SMILES string of the molecule is CCOC(=O)Nc1ccc(N2N=C(C(CC)C(=O)O)C(=CNc3ccccc3CC)C2=O)cc1. The molecule has 9 nitrogen and oxygen atoms in total. The summed E-state index contributed by atoms with van der Waals surface area (Å²) in [5, 5.41) is 21.0. The van der Waals surface area contributed by atoms with Gasteiger partial charge in [0, 0.05) is 17.6 Å². The number of ether oxygens (including phenoxy) is 1. The molecule has 0 aliphatic carbocycles. The number of hydrogen-bond donors (Lipinski definition) is 3. The Morgan fingerprint density at radius 1 is 1.12 bits per heavy atom. The van der Waals surface area contributed by atoms with E-state index >= 15 is 0 Å². The first-order valence-electron chi connectivity index (χ1n) is 11.1. The lowest BCUT2D eigenvalue weighted by molar-refractivity contribution is -0.139. The van der Waals surface area contributed by atoms with Crippen molar-refractivity contribution < 1.29 is 24.2 Å². The molecule has 0 aromatic heterocycles. The summed E-state index contributed by atoms with van der Waals surface area (Å²) in [6.07, 6.45) is 2.02. The van der Waals surface area contributed by atoms with E-state index in [0.29, 0.717) is 11.4 Å². The van der Waals surface area contributed by atoms with Gasteiger partial charge in [-0.2, -0.15) is 10.1 Å². The Labute approximate surface area is 198 Å². The van der Waals surface area contributed by atoms with Crippen LogP contribution in [-0.4, -0.2) is 35.4 Å². The van der Waals surface area contributed by atoms with Crippen LogP contribution in [0.15, 0.2) is 65.4 Å². The van der Waals surface area contributed by atoms with Crippen LogP contribution in [-0.2, 0) is 20.7 Å². The summed E-state index contributed by atoms with van der Waals surface area (Å²) < 4.78 is 4.86. The van der Waals surface area contributed by atoms with Gasteiger partial charge in [-0.25, -0.2) is 4.79 Å². The maximum atomic E-state index is 13.3. The largest absolute Gasteiger partial charge is 0.481 e. The number of hydrazone groups is 1. The Morgan fingerprint density at radius 2 is 1.82 bits per heavy atom. The molecule has 9 heteroatoms. The van der Waals surface area contributed by atoms with Gasteiger partial charge in [-0.3, -0.25) is 14.9 Å². The van der Waals surface area contributed by atoms with Gasteiger partial charge in [-0.1, -0.05) is 32.0 Å². The van der Waals surface area contributed by atoms with Crippen LogP contribution in [0.1, 0.15) is 32.8 Å². The van der Waals surface area contributed by atoms with Gasteiger partial charge in [-0.05, 0) is 55.7 Å². The van der Waals surface area contributed by atoms with Crippen LogP contribution in [0, 0.1) is 5.92 Å². The van der Waals surface area contributed by atoms with Crippen LogP contribution in [0.25, 0.3) is 0 Å². The smallest absolute Gasteiger partial charge is 0.411 e. The molecule has 2 aromatic rings. The van der Waals surface area contributed by atoms with E-state index in [0.717, 1.165) is 17.7 Å². The number of hydrogen-bond acceptors (Lipinski definition) is 6. The molecule has 2 amide bonds.